The summed E-state index contributed by atoms with van der Waals surface area (Å²) < 4.78 is 2.00. The lowest BCUT2D eigenvalue weighted by Crippen LogP contribution is -2.23. The molecule has 18 heavy (non-hydrogen) atoms. The molecule has 2 atom stereocenters. The van der Waals surface area contributed by atoms with Crippen LogP contribution in [-0.2, 0) is 0 Å². The number of nitrogens with one attached hydrogen (secondary N) is 2. The van der Waals surface area contributed by atoms with Crippen molar-refractivity contribution < 1.29 is 0 Å². The summed E-state index contributed by atoms with van der Waals surface area (Å²) in [5, 5.41) is 6.65. The summed E-state index contributed by atoms with van der Waals surface area (Å²) in [6, 6.07) is 0.519. The predicted octanol–water partition coefficient (Wildman–Crippen LogP) is 2.37. The van der Waals surface area contributed by atoms with Gasteiger partial charge < -0.3 is 15.0 Å². The van der Waals surface area contributed by atoms with Gasteiger partial charge in [-0.25, -0.2) is 9.97 Å². The van der Waals surface area contributed by atoms with Crippen molar-refractivity contribution in [1.82, 2.24) is 14.4 Å². The lowest BCUT2D eigenvalue weighted by molar-refractivity contribution is 0.555. The topological polar surface area (TPSA) is 54.2 Å². The standard InChI is InChI=1S/C13H19N5/c1-9-4-3-5-10(9)16-12-13-15-6-7-18(13)8-11(14-2)17-12/h6-10,14H,3-5H2,1-2H3,(H,16,17). The summed E-state index contributed by atoms with van der Waals surface area (Å²) in [6.07, 6.45) is 9.52. The fourth-order valence-electron chi connectivity index (χ4n) is 2.68. The van der Waals surface area contributed by atoms with Gasteiger partial charge in [-0.3, -0.25) is 0 Å². The normalized spacial score (nSPS) is 23.4. The Hall–Kier alpha value is -1.78. The second-order valence-corrected chi connectivity index (χ2v) is 5.04. The molecule has 2 heterocycles. The predicted molar refractivity (Wildman–Crippen MR) is 73.0 cm³/mol. The minimum atomic E-state index is 0.519. The van der Waals surface area contributed by atoms with E-state index >= 15 is 0 Å². The largest absolute Gasteiger partial charge is 0.372 e. The van der Waals surface area contributed by atoms with Crippen molar-refractivity contribution in [3.63, 3.8) is 0 Å². The van der Waals surface area contributed by atoms with E-state index in [0.29, 0.717) is 12.0 Å². The molecular weight excluding hydrogens is 226 g/mol. The summed E-state index contributed by atoms with van der Waals surface area (Å²) in [6.45, 7) is 2.30. The number of imidazole rings is 1. The maximum Gasteiger partial charge on any atom is 0.180 e. The molecule has 96 valence electrons. The molecule has 2 unspecified atom stereocenters. The zero-order chi connectivity index (χ0) is 12.5. The Morgan fingerprint density at radius 1 is 1.39 bits per heavy atom. The van der Waals surface area contributed by atoms with Crippen LogP contribution in [0.15, 0.2) is 18.6 Å². The Bertz CT molecular complexity index is 547. The van der Waals surface area contributed by atoms with E-state index in [-0.39, 0.29) is 0 Å². The fourth-order valence-corrected chi connectivity index (χ4v) is 2.68. The van der Waals surface area contributed by atoms with E-state index in [1.54, 1.807) is 6.20 Å². The molecular formula is C13H19N5. The van der Waals surface area contributed by atoms with Crippen molar-refractivity contribution in [2.75, 3.05) is 17.7 Å². The van der Waals surface area contributed by atoms with Crippen LogP contribution in [0.1, 0.15) is 26.2 Å². The molecule has 5 heteroatoms. The van der Waals surface area contributed by atoms with Crippen LogP contribution in [-0.4, -0.2) is 27.5 Å². The molecule has 0 amide bonds. The van der Waals surface area contributed by atoms with Gasteiger partial charge in [-0.1, -0.05) is 13.3 Å². The molecule has 1 aliphatic rings. The quantitative estimate of drug-likeness (QED) is 0.871. The van der Waals surface area contributed by atoms with Crippen molar-refractivity contribution in [2.24, 2.45) is 5.92 Å². The number of anilines is 2. The Morgan fingerprint density at radius 2 is 2.28 bits per heavy atom. The SMILES string of the molecule is CNc1cn2ccnc2c(NC2CCCC2C)n1. The number of rotatable bonds is 3. The van der Waals surface area contributed by atoms with E-state index in [1.165, 1.54) is 19.3 Å². The van der Waals surface area contributed by atoms with E-state index in [4.69, 9.17) is 0 Å². The van der Waals surface area contributed by atoms with E-state index in [2.05, 4.69) is 27.5 Å². The maximum atomic E-state index is 4.58. The van der Waals surface area contributed by atoms with Gasteiger partial charge in [0.2, 0.25) is 0 Å². The van der Waals surface area contributed by atoms with Crippen LogP contribution in [0.4, 0.5) is 11.6 Å². The van der Waals surface area contributed by atoms with Crippen LogP contribution in [0.3, 0.4) is 0 Å². The number of aromatic nitrogens is 3. The molecule has 2 aromatic rings. The van der Waals surface area contributed by atoms with Crippen LogP contribution in [0.25, 0.3) is 5.65 Å². The van der Waals surface area contributed by atoms with Gasteiger partial charge in [0.15, 0.2) is 11.5 Å². The van der Waals surface area contributed by atoms with E-state index in [0.717, 1.165) is 17.3 Å². The molecule has 0 aliphatic heterocycles. The first kappa shape index (κ1) is 11.3. The summed E-state index contributed by atoms with van der Waals surface area (Å²) >= 11 is 0. The highest BCUT2D eigenvalue weighted by atomic mass is 15.1. The molecule has 0 aromatic carbocycles. The van der Waals surface area contributed by atoms with Crippen molar-refractivity contribution in [1.29, 1.82) is 0 Å². The van der Waals surface area contributed by atoms with Gasteiger partial charge in [0.05, 0.1) is 6.20 Å². The average Bonchev–Trinajstić information content (AvgIpc) is 2.98. The first-order chi connectivity index (χ1) is 8.78. The third-order valence-corrected chi connectivity index (χ3v) is 3.81. The summed E-state index contributed by atoms with van der Waals surface area (Å²) in [7, 11) is 1.88. The van der Waals surface area contributed by atoms with Crippen LogP contribution in [0.2, 0.25) is 0 Å². The molecule has 2 N–H and O–H groups in total. The van der Waals surface area contributed by atoms with Crippen LogP contribution >= 0.6 is 0 Å². The lowest BCUT2D eigenvalue weighted by atomic mass is 10.1. The Labute approximate surface area is 107 Å². The molecule has 5 nitrogen and oxygen atoms in total. The summed E-state index contributed by atoms with van der Waals surface area (Å²) in [5.74, 6) is 2.44. The molecule has 3 rings (SSSR count). The van der Waals surface area contributed by atoms with Crippen LogP contribution in [0, 0.1) is 5.92 Å². The van der Waals surface area contributed by atoms with Gasteiger partial charge in [0.1, 0.15) is 5.82 Å². The monoisotopic (exact) mass is 245 g/mol. The summed E-state index contributed by atoms with van der Waals surface area (Å²) in [4.78, 5) is 8.96. The Kier molecular flexibility index (Phi) is 2.81. The molecule has 1 saturated carbocycles. The molecule has 2 aromatic heterocycles. The zero-order valence-electron chi connectivity index (χ0n) is 10.8. The second-order valence-electron chi connectivity index (χ2n) is 5.04. The number of nitrogens with zero attached hydrogens (tertiary/aromatic N) is 3. The van der Waals surface area contributed by atoms with E-state index in [9.17, 15) is 0 Å². The van der Waals surface area contributed by atoms with E-state index < -0.39 is 0 Å². The highest BCUT2D eigenvalue weighted by Crippen LogP contribution is 2.28. The van der Waals surface area contributed by atoms with Crippen molar-refractivity contribution in [3.05, 3.63) is 18.6 Å². The number of fused-ring (bicyclic) bond motifs is 1. The molecule has 0 saturated heterocycles. The first-order valence-corrected chi connectivity index (χ1v) is 6.56. The first-order valence-electron chi connectivity index (χ1n) is 6.56. The molecule has 0 spiro atoms. The molecule has 0 radical (unpaired) electrons. The average molecular weight is 245 g/mol. The highest BCUT2D eigenvalue weighted by molar-refractivity contribution is 5.65. The maximum absolute atomic E-state index is 4.58. The van der Waals surface area contributed by atoms with Gasteiger partial charge in [0.25, 0.3) is 0 Å². The van der Waals surface area contributed by atoms with Gasteiger partial charge in [-0.05, 0) is 18.8 Å². The van der Waals surface area contributed by atoms with E-state index in [1.807, 2.05) is 23.8 Å². The zero-order valence-corrected chi connectivity index (χ0v) is 10.8. The fraction of sp³-hybridized carbons (Fsp3) is 0.538. The Balaban J connectivity index is 1.96. The minimum Gasteiger partial charge on any atom is -0.372 e. The number of hydrogen-bond donors (Lipinski definition) is 2. The Morgan fingerprint density at radius 3 is 3.00 bits per heavy atom. The van der Waals surface area contributed by atoms with Gasteiger partial charge in [-0.2, -0.15) is 0 Å². The van der Waals surface area contributed by atoms with Crippen molar-refractivity contribution >= 4 is 17.3 Å². The number of hydrogen-bond acceptors (Lipinski definition) is 4. The molecule has 1 aliphatic carbocycles. The van der Waals surface area contributed by atoms with Gasteiger partial charge >= 0.3 is 0 Å². The molecule has 1 fully saturated rings. The molecule has 0 bridgehead atoms. The lowest BCUT2D eigenvalue weighted by Gasteiger charge is -2.18. The minimum absolute atomic E-state index is 0.519. The third kappa shape index (κ3) is 1.89. The van der Waals surface area contributed by atoms with Crippen molar-refractivity contribution in [3.8, 4) is 0 Å². The van der Waals surface area contributed by atoms with Gasteiger partial charge in [-0.15, -0.1) is 0 Å². The van der Waals surface area contributed by atoms with Gasteiger partial charge in [0, 0.05) is 25.5 Å². The van der Waals surface area contributed by atoms with Crippen LogP contribution < -0.4 is 10.6 Å². The third-order valence-electron chi connectivity index (χ3n) is 3.81. The smallest absolute Gasteiger partial charge is 0.180 e. The highest BCUT2D eigenvalue weighted by Gasteiger charge is 2.24. The summed E-state index contributed by atoms with van der Waals surface area (Å²) in [5.41, 5.74) is 0.896. The van der Waals surface area contributed by atoms with Crippen LogP contribution in [0.5, 0.6) is 0 Å². The van der Waals surface area contributed by atoms with Crippen molar-refractivity contribution in [2.45, 2.75) is 32.2 Å². The second kappa shape index (κ2) is 4.48.